The van der Waals surface area contributed by atoms with Crippen molar-refractivity contribution in [3.8, 4) is 0 Å². The molecule has 1 saturated heterocycles. The molecule has 1 fully saturated rings. The summed E-state index contributed by atoms with van der Waals surface area (Å²) in [6.45, 7) is 8.67. The Hall–Kier alpha value is -3.26. The molecule has 0 aromatic heterocycles. The van der Waals surface area contributed by atoms with Gasteiger partial charge in [-0.15, -0.1) is 0 Å². The maximum absolute atomic E-state index is 13.6. The topological polar surface area (TPSA) is 182 Å². The number of nitrogens with one attached hydrogen (secondary N) is 2. The van der Waals surface area contributed by atoms with Crippen molar-refractivity contribution in [2.75, 3.05) is 19.8 Å². The summed E-state index contributed by atoms with van der Waals surface area (Å²) < 4.78 is 33.8. The Morgan fingerprint density at radius 2 is 0.889 bits per heavy atom. The van der Waals surface area contributed by atoms with Crippen molar-refractivity contribution in [2.45, 2.75) is 258 Å². The van der Waals surface area contributed by atoms with Crippen molar-refractivity contribution in [3.63, 3.8) is 0 Å². The number of unbranched alkanes of at least 4 members (excludes halogenated alkanes) is 25. The second-order valence-corrected chi connectivity index (χ2v) is 17.4. The van der Waals surface area contributed by atoms with Crippen LogP contribution in [0, 0.1) is 0 Å². The van der Waals surface area contributed by atoms with E-state index in [1.54, 1.807) is 0 Å². The second kappa shape index (κ2) is 38.1. The summed E-state index contributed by atoms with van der Waals surface area (Å²) in [5.74, 6) is -3.71. The number of rotatable bonds is 39. The van der Waals surface area contributed by atoms with Crippen LogP contribution in [0.25, 0.3) is 0 Å². The molecule has 1 aliphatic rings. The third-order valence-electron chi connectivity index (χ3n) is 11.4. The fraction of sp³-hybridized carbons (Fsp3) is 0.878. The van der Waals surface area contributed by atoms with Gasteiger partial charge in [0.05, 0.1) is 6.61 Å². The molecule has 14 nitrogen and oxygen atoms in total. The Labute approximate surface area is 380 Å². The molecule has 0 bridgehead atoms. The predicted molar refractivity (Wildman–Crippen MR) is 243 cm³/mol. The lowest BCUT2D eigenvalue weighted by atomic mass is 9.98. The molecule has 0 spiro atoms. The average Bonchev–Trinajstić information content (AvgIpc) is 3.23. The van der Waals surface area contributed by atoms with Crippen LogP contribution in [0.5, 0.6) is 0 Å². The molecule has 14 heteroatoms. The summed E-state index contributed by atoms with van der Waals surface area (Å²) in [6, 6.07) is -1.14. The number of ether oxygens (including phenoxy) is 6. The molecular weight excluding hydrogens is 809 g/mol. The maximum Gasteiger partial charge on any atom is 0.303 e. The molecule has 0 radical (unpaired) electrons. The standard InChI is InChI=1S/C49H88N2O12/c1-7-9-11-13-15-17-19-21-22-23-24-26-28-30-32-34-44(56)51-42(48(57)50-35-33-31-29-27-25-20-18-16-14-12-10-8-2)36-59-49-47(62-41(6)55)46(61-40(5)54)45(60-39(4)53)43(63-49)37-58-38(3)52/h42-43,45-47,49H,7-37H2,1-6H3,(H,50,57)(H,51,56)/t42-,43+,45-,46-,47+,49+/m0/s1. The number of hydrogen-bond acceptors (Lipinski definition) is 12. The first-order valence-corrected chi connectivity index (χ1v) is 24.9. The van der Waals surface area contributed by atoms with Gasteiger partial charge in [0, 0.05) is 40.7 Å². The van der Waals surface area contributed by atoms with Gasteiger partial charge in [0.15, 0.2) is 24.6 Å². The van der Waals surface area contributed by atoms with Crippen molar-refractivity contribution in [3.05, 3.63) is 0 Å². The highest BCUT2D eigenvalue weighted by Crippen LogP contribution is 2.30. The van der Waals surface area contributed by atoms with Crippen molar-refractivity contribution in [1.29, 1.82) is 0 Å². The van der Waals surface area contributed by atoms with Gasteiger partial charge in [0.2, 0.25) is 11.8 Å². The van der Waals surface area contributed by atoms with Gasteiger partial charge in [-0.3, -0.25) is 28.8 Å². The lowest BCUT2D eigenvalue weighted by Crippen LogP contribution is -2.63. The van der Waals surface area contributed by atoms with Gasteiger partial charge < -0.3 is 39.1 Å². The fourth-order valence-electron chi connectivity index (χ4n) is 7.92. The minimum atomic E-state index is -1.48. The van der Waals surface area contributed by atoms with Crippen LogP contribution in [-0.4, -0.2) is 92.2 Å². The SMILES string of the molecule is CCCCCCCCCCCCCCCCCC(=O)N[C@@H](CO[C@@H]1O[C@H](COC(C)=O)[C@H](OC(C)=O)[C@H](OC(C)=O)[C@H]1OC(C)=O)C(=O)NCCCCCCCCCCCCCC. The van der Waals surface area contributed by atoms with Crippen LogP contribution in [-0.2, 0) is 57.2 Å². The first kappa shape index (κ1) is 57.8. The number of carbonyl (C=O) groups is 6. The fourth-order valence-corrected chi connectivity index (χ4v) is 7.92. The Bertz CT molecular complexity index is 1250. The molecule has 2 N–H and O–H groups in total. The van der Waals surface area contributed by atoms with E-state index in [0.29, 0.717) is 13.0 Å². The van der Waals surface area contributed by atoms with Crippen molar-refractivity contribution in [2.24, 2.45) is 0 Å². The zero-order valence-electron chi connectivity index (χ0n) is 40.3. The van der Waals surface area contributed by atoms with Crippen LogP contribution in [0.4, 0.5) is 0 Å². The van der Waals surface area contributed by atoms with Gasteiger partial charge in [0.1, 0.15) is 18.8 Å². The number of amides is 2. The van der Waals surface area contributed by atoms with Gasteiger partial charge in [-0.05, 0) is 12.8 Å². The zero-order chi connectivity index (χ0) is 46.5. The van der Waals surface area contributed by atoms with Gasteiger partial charge >= 0.3 is 23.9 Å². The summed E-state index contributed by atoms with van der Waals surface area (Å²) >= 11 is 0. The van der Waals surface area contributed by atoms with E-state index in [1.165, 1.54) is 129 Å². The summed E-state index contributed by atoms with van der Waals surface area (Å²) in [6.07, 6.45) is 25.7. The second-order valence-electron chi connectivity index (χ2n) is 17.4. The molecule has 0 aliphatic carbocycles. The minimum absolute atomic E-state index is 0.236. The van der Waals surface area contributed by atoms with E-state index in [1.807, 2.05) is 0 Å². The monoisotopic (exact) mass is 897 g/mol. The highest BCUT2D eigenvalue weighted by Gasteiger charge is 2.53. The summed E-state index contributed by atoms with van der Waals surface area (Å²) in [7, 11) is 0. The van der Waals surface area contributed by atoms with Crippen LogP contribution in [0.15, 0.2) is 0 Å². The maximum atomic E-state index is 13.6. The molecule has 2 amide bonds. The van der Waals surface area contributed by atoms with E-state index in [-0.39, 0.29) is 12.3 Å². The van der Waals surface area contributed by atoms with Crippen LogP contribution < -0.4 is 10.6 Å². The van der Waals surface area contributed by atoms with Gasteiger partial charge in [-0.2, -0.15) is 0 Å². The molecule has 0 unspecified atom stereocenters. The molecule has 366 valence electrons. The molecular formula is C49H88N2O12. The van der Waals surface area contributed by atoms with E-state index in [4.69, 9.17) is 28.4 Å². The predicted octanol–water partition coefficient (Wildman–Crippen LogP) is 9.65. The van der Waals surface area contributed by atoms with E-state index in [9.17, 15) is 28.8 Å². The zero-order valence-corrected chi connectivity index (χ0v) is 40.3. The number of hydrogen-bond donors (Lipinski definition) is 2. The third-order valence-corrected chi connectivity index (χ3v) is 11.4. The van der Waals surface area contributed by atoms with E-state index < -0.39 is 79.7 Å². The molecule has 1 rings (SSSR count). The van der Waals surface area contributed by atoms with Crippen LogP contribution >= 0.6 is 0 Å². The Balaban J connectivity index is 2.86. The minimum Gasteiger partial charge on any atom is -0.463 e. The quantitative estimate of drug-likeness (QED) is 0.0339. The first-order valence-electron chi connectivity index (χ1n) is 24.9. The number of carbonyl (C=O) groups excluding carboxylic acids is 6. The Kier molecular flexibility index (Phi) is 34.9. The first-order chi connectivity index (χ1) is 30.4. The molecule has 1 aliphatic heterocycles. The van der Waals surface area contributed by atoms with Crippen LogP contribution in [0.1, 0.15) is 221 Å². The van der Waals surface area contributed by atoms with Gasteiger partial charge in [0.25, 0.3) is 0 Å². The van der Waals surface area contributed by atoms with Crippen molar-refractivity contribution < 1.29 is 57.2 Å². The van der Waals surface area contributed by atoms with E-state index in [0.717, 1.165) is 65.7 Å². The lowest BCUT2D eigenvalue weighted by molar-refractivity contribution is -0.308. The van der Waals surface area contributed by atoms with E-state index >= 15 is 0 Å². The third kappa shape index (κ3) is 30.5. The highest BCUT2D eigenvalue weighted by molar-refractivity contribution is 5.87. The summed E-state index contributed by atoms with van der Waals surface area (Å²) in [4.78, 5) is 75.4. The van der Waals surface area contributed by atoms with Gasteiger partial charge in [-0.25, -0.2) is 0 Å². The molecule has 0 aromatic rings. The van der Waals surface area contributed by atoms with Crippen molar-refractivity contribution in [1.82, 2.24) is 10.6 Å². The van der Waals surface area contributed by atoms with E-state index in [2.05, 4.69) is 24.5 Å². The molecule has 1 heterocycles. The smallest absolute Gasteiger partial charge is 0.303 e. The lowest BCUT2D eigenvalue weighted by Gasteiger charge is -2.44. The summed E-state index contributed by atoms with van der Waals surface area (Å²) in [5, 5.41) is 5.76. The Morgan fingerprint density at radius 1 is 0.492 bits per heavy atom. The average molecular weight is 897 g/mol. The number of esters is 4. The molecule has 6 atom stereocenters. The van der Waals surface area contributed by atoms with Gasteiger partial charge in [-0.1, -0.05) is 174 Å². The molecule has 0 aromatic carbocycles. The highest BCUT2D eigenvalue weighted by atomic mass is 16.7. The van der Waals surface area contributed by atoms with Crippen LogP contribution in [0.2, 0.25) is 0 Å². The van der Waals surface area contributed by atoms with Crippen molar-refractivity contribution >= 4 is 35.7 Å². The normalized spacial score (nSPS) is 18.9. The largest absolute Gasteiger partial charge is 0.463 e. The Morgan fingerprint density at radius 3 is 1.32 bits per heavy atom. The molecule has 0 saturated carbocycles. The summed E-state index contributed by atoms with van der Waals surface area (Å²) in [5.41, 5.74) is 0. The van der Waals surface area contributed by atoms with Crippen LogP contribution in [0.3, 0.4) is 0 Å². The molecule has 63 heavy (non-hydrogen) atoms.